The molecule has 16 aliphatic carbocycles. The second kappa shape index (κ2) is 10.5. The number of anilines is 2. The van der Waals surface area contributed by atoms with Crippen LogP contribution in [0.25, 0.3) is 11.1 Å². The first-order chi connectivity index (χ1) is 26.9. The molecule has 298 valence electrons. The summed E-state index contributed by atoms with van der Waals surface area (Å²) in [6, 6.07) is 9.00. The number of nitrogen functional groups attached to an aromatic ring is 2. The largest absolute Gasteiger partial charge is 0.505 e. The molecule has 4 unspecified atom stereocenters. The lowest BCUT2D eigenvalue weighted by molar-refractivity contribution is -0.205. The molecule has 4 heteroatoms. The molecule has 0 aromatic heterocycles. The highest BCUT2D eigenvalue weighted by Crippen LogP contribution is 2.79. The van der Waals surface area contributed by atoms with Gasteiger partial charge in [0, 0.05) is 11.1 Å². The van der Waals surface area contributed by atoms with E-state index in [0.29, 0.717) is 33.0 Å². The zero-order valence-electron chi connectivity index (χ0n) is 34.1. The average molecular weight is 753 g/mol. The summed E-state index contributed by atoms with van der Waals surface area (Å²) in [6.45, 7) is 0. The number of rotatable bonds is 5. The van der Waals surface area contributed by atoms with Crippen LogP contribution in [0.15, 0.2) is 24.3 Å². The van der Waals surface area contributed by atoms with Crippen LogP contribution >= 0.6 is 0 Å². The molecule has 4 nitrogen and oxygen atoms in total. The van der Waals surface area contributed by atoms with Crippen LogP contribution in [0.4, 0.5) is 11.4 Å². The number of hydrogen-bond donors (Lipinski definition) is 4. The molecule has 2 aromatic rings. The Morgan fingerprint density at radius 3 is 0.929 bits per heavy atom. The summed E-state index contributed by atoms with van der Waals surface area (Å²) in [5.41, 5.74) is 21.3. The molecular weight excluding hydrogens is 685 g/mol. The van der Waals surface area contributed by atoms with E-state index >= 15 is 0 Å². The highest BCUT2D eigenvalue weighted by Gasteiger charge is 2.70. The molecular formula is C52H68N2O2. The Labute approximate surface area is 335 Å². The molecule has 2 aromatic carbocycles. The minimum absolute atomic E-state index is 0.118. The number of phenols is 2. The Balaban J connectivity index is 0.859. The average Bonchev–Trinajstić information content (AvgIpc) is 3.12. The number of phenolic OH excluding ortho intramolecular Hbond substituents is 2. The predicted molar refractivity (Wildman–Crippen MR) is 223 cm³/mol. The second-order valence-electron chi connectivity index (χ2n) is 25.4. The quantitative estimate of drug-likeness (QED) is 0.181. The van der Waals surface area contributed by atoms with Crippen LogP contribution in [0.5, 0.6) is 11.5 Å². The van der Waals surface area contributed by atoms with E-state index in [0.717, 1.165) is 70.3 Å². The standard InChI is InChI=1S/C52H68N2O2/c53-43-11-39(47-13-35-7-36(14-47)24-51(23-35,27-47)49-17-29-1-30(18-49)3-31(2-29)19-49)9-41(45(43)55)42-10-40(12-44(54)46(42)56)48-15-37-8-38(16-48)26-52(25-37,28-48)50-20-32-4-33(21-50)6-34(5-32)22-50/h9-12,29-38,55-56H,1-8,13-28,53-54H2. The molecule has 0 amide bonds. The third-order valence-electron chi connectivity index (χ3n) is 22.2. The molecule has 16 aliphatic rings. The van der Waals surface area contributed by atoms with Gasteiger partial charge in [0.2, 0.25) is 0 Å². The Morgan fingerprint density at radius 2 is 0.625 bits per heavy atom. The zero-order chi connectivity index (χ0) is 37.2. The smallest absolute Gasteiger partial charge is 0.146 e. The van der Waals surface area contributed by atoms with Crippen LogP contribution in [0.3, 0.4) is 0 Å². The molecule has 56 heavy (non-hydrogen) atoms. The minimum atomic E-state index is 0.118. The van der Waals surface area contributed by atoms with Gasteiger partial charge in [0.25, 0.3) is 0 Å². The Morgan fingerprint density at radius 1 is 0.357 bits per heavy atom. The molecule has 0 saturated heterocycles. The molecule has 16 fully saturated rings. The molecule has 4 atom stereocenters. The summed E-state index contributed by atoms with van der Waals surface area (Å²) < 4.78 is 0. The van der Waals surface area contributed by atoms with Crippen molar-refractivity contribution >= 4 is 11.4 Å². The van der Waals surface area contributed by atoms with E-state index in [1.807, 2.05) is 0 Å². The molecule has 16 bridgehead atoms. The van der Waals surface area contributed by atoms with Crippen LogP contribution in [0.2, 0.25) is 0 Å². The number of benzene rings is 2. The van der Waals surface area contributed by atoms with E-state index in [4.69, 9.17) is 11.5 Å². The lowest BCUT2D eigenvalue weighted by atomic mass is 9.32. The Kier molecular flexibility index (Phi) is 6.27. The molecule has 0 radical (unpaired) electrons. The van der Waals surface area contributed by atoms with Crippen molar-refractivity contribution in [2.24, 2.45) is 80.8 Å². The maximum absolute atomic E-state index is 12.0. The van der Waals surface area contributed by atoms with E-state index in [2.05, 4.69) is 24.3 Å². The van der Waals surface area contributed by atoms with Crippen molar-refractivity contribution in [3.8, 4) is 22.6 Å². The molecule has 16 saturated carbocycles. The highest BCUT2D eigenvalue weighted by atomic mass is 16.3. The minimum Gasteiger partial charge on any atom is -0.505 e. The van der Waals surface area contributed by atoms with Crippen molar-refractivity contribution in [1.82, 2.24) is 0 Å². The first-order valence-corrected chi connectivity index (χ1v) is 24.2. The number of aromatic hydroxyl groups is 2. The third-order valence-corrected chi connectivity index (χ3v) is 22.2. The van der Waals surface area contributed by atoms with E-state index in [1.54, 1.807) is 0 Å². The summed E-state index contributed by atoms with van der Waals surface area (Å²) in [5, 5.41) is 23.9. The number of hydrogen-bond acceptors (Lipinski definition) is 4. The normalized spacial score (nSPS) is 53.4. The van der Waals surface area contributed by atoms with Gasteiger partial charge in [-0.3, -0.25) is 0 Å². The first kappa shape index (κ1) is 33.5. The van der Waals surface area contributed by atoms with Crippen molar-refractivity contribution in [2.45, 2.75) is 165 Å². The zero-order valence-corrected chi connectivity index (χ0v) is 34.1. The van der Waals surface area contributed by atoms with Crippen LogP contribution in [-0.2, 0) is 10.8 Å². The van der Waals surface area contributed by atoms with Crippen molar-refractivity contribution in [3.63, 3.8) is 0 Å². The lowest BCUT2D eigenvalue weighted by Gasteiger charge is -2.72. The summed E-state index contributed by atoms with van der Waals surface area (Å²) in [4.78, 5) is 0. The molecule has 0 spiro atoms. The van der Waals surface area contributed by atoms with Crippen LogP contribution in [0.1, 0.15) is 165 Å². The van der Waals surface area contributed by atoms with Gasteiger partial charge in [-0.2, -0.15) is 0 Å². The second-order valence-corrected chi connectivity index (χ2v) is 25.4. The maximum Gasteiger partial charge on any atom is 0.146 e. The van der Waals surface area contributed by atoms with Crippen molar-refractivity contribution in [1.29, 1.82) is 0 Å². The van der Waals surface area contributed by atoms with E-state index in [-0.39, 0.29) is 22.3 Å². The first-order valence-electron chi connectivity index (χ1n) is 24.2. The monoisotopic (exact) mass is 753 g/mol. The van der Waals surface area contributed by atoms with Gasteiger partial charge in [-0.15, -0.1) is 0 Å². The highest BCUT2D eigenvalue weighted by molar-refractivity contribution is 5.85. The van der Waals surface area contributed by atoms with E-state index < -0.39 is 0 Å². The van der Waals surface area contributed by atoms with Gasteiger partial charge in [0.15, 0.2) is 0 Å². The molecule has 0 heterocycles. The van der Waals surface area contributed by atoms with Gasteiger partial charge in [-0.25, -0.2) is 0 Å². The van der Waals surface area contributed by atoms with Crippen molar-refractivity contribution < 1.29 is 10.2 Å². The molecule has 18 rings (SSSR count). The van der Waals surface area contributed by atoms with Crippen LogP contribution in [-0.4, -0.2) is 10.2 Å². The van der Waals surface area contributed by atoms with Crippen molar-refractivity contribution in [2.75, 3.05) is 11.5 Å². The van der Waals surface area contributed by atoms with Gasteiger partial charge in [-0.05, 0) is 281 Å². The van der Waals surface area contributed by atoms with Gasteiger partial charge in [0.05, 0.1) is 11.4 Å². The molecule has 6 N–H and O–H groups in total. The van der Waals surface area contributed by atoms with Crippen molar-refractivity contribution in [3.05, 3.63) is 35.4 Å². The fraction of sp³-hybridized carbons (Fsp3) is 0.769. The predicted octanol–water partition coefficient (Wildman–Crippen LogP) is 12.0. The van der Waals surface area contributed by atoms with Gasteiger partial charge in [-0.1, -0.05) is 0 Å². The van der Waals surface area contributed by atoms with Gasteiger partial charge in [0.1, 0.15) is 11.5 Å². The Hall–Kier alpha value is -2.36. The fourth-order valence-corrected chi connectivity index (χ4v) is 22.3. The lowest BCUT2D eigenvalue weighted by Crippen LogP contribution is -2.63. The van der Waals surface area contributed by atoms with Gasteiger partial charge >= 0.3 is 0 Å². The maximum atomic E-state index is 12.0. The summed E-state index contributed by atoms with van der Waals surface area (Å²) in [7, 11) is 0. The third kappa shape index (κ3) is 4.20. The summed E-state index contributed by atoms with van der Waals surface area (Å²) in [6.07, 6.45) is 34.5. The molecule has 0 aliphatic heterocycles. The van der Waals surface area contributed by atoms with Gasteiger partial charge < -0.3 is 21.7 Å². The Bertz CT molecular complexity index is 1820. The van der Waals surface area contributed by atoms with Crippen LogP contribution < -0.4 is 11.5 Å². The van der Waals surface area contributed by atoms with Crippen LogP contribution in [0, 0.1) is 80.8 Å². The summed E-state index contributed by atoms with van der Waals surface area (Å²) >= 11 is 0. The van der Waals surface area contributed by atoms with E-state index in [1.165, 1.54) is 165 Å². The topological polar surface area (TPSA) is 92.5 Å². The number of nitrogens with two attached hydrogens (primary N) is 2. The SMILES string of the molecule is Nc1cc(C23CC4CC(C2)CC(C25CC6CC(CC(C6)C2)C5)(C4)C3)cc(-c2cc(C34CC5CC(C3)CC(C36CC7CC(CC(C7)C3)C6)(C5)C4)cc(N)c2O)c1O. The fourth-order valence-electron chi connectivity index (χ4n) is 22.3. The van der Waals surface area contributed by atoms with E-state index in [9.17, 15) is 10.2 Å². The summed E-state index contributed by atoms with van der Waals surface area (Å²) in [5.74, 6) is 9.43.